The number of hydrogen-bond donors (Lipinski definition) is 1. The highest BCUT2D eigenvalue weighted by molar-refractivity contribution is 7.14. The third kappa shape index (κ3) is 4.25. The second kappa shape index (κ2) is 7.92. The summed E-state index contributed by atoms with van der Waals surface area (Å²) in [5, 5.41) is 6.41. The molecule has 1 heterocycles. The van der Waals surface area contributed by atoms with Gasteiger partial charge in [0.2, 0.25) is 0 Å². The fourth-order valence-electron chi connectivity index (χ4n) is 2.42. The number of azide groups is 1. The van der Waals surface area contributed by atoms with Crippen LogP contribution in [0, 0.1) is 0 Å². The Labute approximate surface area is 123 Å². The third-order valence-electron chi connectivity index (χ3n) is 3.50. The third-order valence-corrected chi connectivity index (χ3v) is 4.74. The molecule has 0 radical (unpaired) electrons. The molecule has 1 aliphatic carbocycles. The molecule has 0 spiro atoms. The number of carbonyl (C=O) groups excluding carboxylic acids is 1. The summed E-state index contributed by atoms with van der Waals surface area (Å²) in [5.41, 5.74) is 9.53. The predicted molar refractivity (Wildman–Crippen MR) is 81.2 cm³/mol. The number of nitrogens with one attached hydrogen (secondary N) is 1. The molecule has 0 bridgehead atoms. The molecule has 108 valence electrons. The van der Waals surface area contributed by atoms with Crippen molar-refractivity contribution in [1.29, 1.82) is 0 Å². The number of fused-ring (bicyclic) bond motifs is 1. The number of nitrogens with zero attached hydrogens (tertiary/aromatic N) is 3. The van der Waals surface area contributed by atoms with Crippen molar-refractivity contribution in [3.8, 4) is 0 Å². The number of rotatable bonds is 6. The van der Waals surface area contributed by atoms with E-state index < -0.39 is 0 Å². The van der Waals surface area contributed by atoms with Crippen molar-refractivity contribution in [2.75, 3.05) is 13.1 Å². The maximum atomic E-state index is 12.1. The van der Waals surface area contributed by atoms with Gasteiger partial charge in [0.25, 0.3) is 5.91 Å². The van der Waals surface area contributed by atoms with Crippen LogP contribution in [0.15, 0.2) is 11.2 Å². The number of hydrogen-bond acceptors (Lipinski definition) is 3. The SMILES string of the molecule is [N-]=[N+]=NCCCCNC(=O)c1cc2c(s1)CCCCC2. The Morgan fingerprint density at radius 1 is 1.35 bits per heavy atom. The van der Waals surface area contributed by atoms with E-state index in [1.54, 1.807) is 11.3 Å². The number of thiophene rings is 1. The van der Waals surface area contributed by atoms with Gasteiger partial charge in [-0.3, -0.25) is 4.79 Å². The second-order valence-electron chi connectivity index (χ2n) is 5.04. The van der Waals surface area contributed by atoms with Gasteiger partial charge in [-0.05, 0) is 55.7 Å². The summed E-state index contributed by atoms with van der Waals surface area (Å²) in [4.78, 5) is 17.0. The predicted octanol–water partition coefficient (Wildman–Crippen LogP) is 3.84. The van der Waals surface area contributed by atoms with Gasteiger partial charge >= 0.3 is 0 Å². The van der Waals surface area contributed by atoms with Crippen LogP contribution in [-0.2, 0) is 12.8 Å². The van der Waals surface area contributed by atoms with E-state index in [4.69, 9.17) is 5.53 Å². The summed E-state index contributed by atoms with van der Waals surface area (Å²) < 4.78 is 0. The quantitative estimate of drug-likeness (QED) is 0.279. The highest BCUT2D eigenvalue weighted by Crippen LogP contribution is 2.28. The molecule has 1 aromatic heterocycles. The molecule has 1 amide bonds. The van der Waals surface area contributed by atoms with Crippen LogP contribution in [0.25, 0.3) is 10.4 Å². The van der Waals surface area contributed by atoms with Crippen LogP contribution >= 0.6 is 11.3 Å². The molecule has 0 saturated carbocycles. The minimum Gasteiger partial charge on any atom is -0.351 e. The topological polar surface area (TPSA) is 77.9 Å². The zero-order valence-electron chi connectivity index (χ0n) is 11.6. The molecule has 6 heteroatoms. The molecular formula is C14H20N4OS. The van der Waals surface area contributed by atoms with Crippen LogP contribution < -0.4 is 5.32 Å². The largest absolute Gasteiger partial charge is 0.351 e. The minimum absolute atomic E-state index is 0.0341. The lowest BCUT2D eigenvalue weighted by Crippen LogP contribution is -2.23. The Hall–Kier alpha value is -1.52. The molecule has 1 aromatic rings. The highest BCUT2D eigenvalue weighted by Gasteiger charge is 2.15. The normalized spacial score (nSPS) is 14.0. The first kappa shape index (κ1) is 14.9. The van der Waals surface area contributed by atoms with Crippen LogP contribution in [0.3, 0.4) is 0 Å². The zero-order valence-corrected chi connectivity index (χ0v) is 12.4. The van der Waals surface area contributed by atoms with Crippen molar-refractivity contribution in [1.82, 2.24) is 5.32 Å². The van der Waals surface area contributed by atoms with Gasteiger partial charge in [0, 0.05) is 22.9 Å². The van der Waals surface area contributed by atoms with Crippen molar-refractivity contribution < 1.29 is 4.79 Å². The molecular weight excluding hydrogens is 272 g/mol. The van der Waals surface area contributed by atoms with Gasteiger partial charge in [-0.2, -0.15) is 0 Å². The molecule has 0 saturated heterocycles. The molecule has 20 heavy (non-hydrogen) atoms. The first-order valence-corrected chi connectivity index (χ1v) is 8.03. The Morgan fingerprint density at radius 2 is 2.20 bits per heavy atom. The standard InChI is InChI=1S/C14H20N4OS/c15-18-17-9-5-4-8-16-14(19)13-10-11-6-2-1-3-7-12(11)20-13/h10H,1-9H2,(H,16,19). The number of amides is 1. The van der Waals surface area contributed by atoms with Crippen molar-refractivity contribution in [2.24, 2.45) is 5.11 Å². The van der Waals surface area contributed by atoms with Crippen molar-refractivity contribution in [3.63, 3.8) is 0 Å². The molecule has 1 N–H and O–H groups in total. The molecule has 0 unspecified atom stereocenters. The van der Waals surface area contributed by atoms with Crippen LogP contribution in [0.2, 0.25) is 0 Å². The molecule has 0 aliphatic heterocycles. The molecule has 5 nitrogen and oxygen atoms in total. The van der Waals surface area contributed by atoms with E-state index in [0.29, 0.717) is 13.1 Å². The monoisotopic (exact) mass is 292 g/mol. The Morgan fingerprint density at radius 3 is 3.05 bits per heavy atom. The molecule has 0 fully saturated rings. The molecule has 1 aliphatic rings. The lowest BCUT2D eigenvalue weighted by Gasteiger charge is -2.02. The van der Waals surface area contributed by atoms with Gasteiger partial charge in [0.15, 0.2) is 0 Å². The summed E-state index contributed by atoms with van der Waals surface area (Å²) in [7, 11) is 0. The summed E-state index contributed by atoms with van der Waals surface area (Å²) >= 11 is 1.65. The second-order valence-corrected chi connectivity index (χ2v) is 6.17. The van der Waals surface area contributed by atoms with Crippen LogP contribution in [0.4, 0.5) is 0 Å². The first-order chi connectivity index (χ1) is 9.81. The van der Waals surface area contributed by atoms with Crippen LogP contribution in [0.1, 0.15) is 52.2 Å². The first-order valence-electron chi connectivity index (χ1n) is 7.22. The number of unbranched alkanes of at least 4 members (excludes halogenated alkanes) is 1. The lowest BCUT2D eigenvalue weighted by atomic mass is 10.1. The van der Waals surface area contributed by atoms with Crippen molar-refractivity contribution in [2.45, 2.75) is 44.9 Å². The molecule has 0 aromatic carbocycles. The fraction of sp³-hybridized carbons (Fsp3) is 0.643. The van der Waals surface area contributed by atoms with E-state index in [1.807, 2.05) is 0 Å². The van der Waals surface area contributed by atoms with E-state index >= 15 is 0 Å². The van der Waals surface area contributed by atoms with Gasteiger partial charge in [0.1, 0.15) is 0 Å². The van der Waals surface area contributed by atoms with Gasteiger partial charge in [-0.25, -0.2) is 0 Å². The average molecular weight is 292 g/mol. The van der Waals surface area contributed by atoms with E-state index in [2.05, 4.69) is 21.4 Å². The number of carbonyl (C=O) groups is 1. The number of aryl methyl sites for hydroxylation is 2. The van der Waals surface area contributed by atoms with Crippen LogP contribution in [0.5, 0.6) is 0 Å². The highest BCUT2D eigenvalue weighted by atomic mass is 32.1. The smallest absolute Gasteiger partial charge is 0.261 e. The molecule has 0 atom stereocenters. The van der Waals surface area contributed by atoms with Crippen molar-refractivity contribution >= 4 is 17.2 Å². The van der Waals surface area contributed by atoms with Gasteiger partial charge < -0.3 is 5.32 Å². The van der Waals surface area contributed by atoms with Crippen molar-refractivity contribution in [3.05, 3.63) is 31.8 Å². The molecule has 2 rings (SSSR count). The van der Waals surface area contributed by atoms with E-state index in [-0.39, 0.29) is 5.91 Å². The van der Waals surface area contributed by atoms with Crippen LogP contribution in [-0.4, -0.2) is 19.0 Å². The summed E-state index contributed by atoms with van der Waals surface area (Å²) in [5.74, 6) is 0.0341. The maximum absolute atomic E-state index is 12.1. The fourth-order valence-corrected chi connectivity index (χ4v) is 3.59. The summed E-state index contributed by atoms with van der Waals surface area (Å²) in [6.45, 7) is 1.14. The van der Waals surface area contributed by atoms with Gasteiger partial charge in [-0.15, -0.1) is 11.3 Å². The summed E-state index contributed by atoms with van der Waals surface area (Å²) in [6.07, 6.45) is 7.68. The maximum Gasteiger partial charge on any atom is 0.261 e. The Bertz CT molecular complexity index is 482. The average Bonchev–Trinajstić information content (AvgIpc) is 2.74. The summed E-state index contributed by atoms with van der Waals surface area (Å²) in [6, 6.07) is 2.07. The zero-order chi connectivity index (χ0) is 14.2. The van der Waals surface area contributed by atoms with E-state index in [1.165, 1.54) is 29.7 Å². The van der Waals surface area contributed by atoms with E-state index in [0.717, 1.165) is 30.6 Å². The minimum atomic E-state index is 0.0341. The van der Waals surface area contributed by atoms with Gasteiger partial charge in [-0.1, -0.05) is 11.5 Å². The Kier molecular flexibility index (Phi) is 5.89. The lowest BCUT2D eigenvalue weighted by molar-refractivity contribution is 0.0957. The van der Waals surface area contributed by atoms with E-state index in [9.17, 15) is 4.79 Å². The Balaban J connectivity index is 1.79. The van der Waals surface area contributed by atoms with Gasteiger partial charge in [0.05, 0.1) is 4.88 Å².